The van der Waals surface area contributed by atoms with E-state index >= 15 is 0 Å². The maximum absolute atomic E-state index is 12.3. The molecule has 0 aromatic heterocycles. The molecule has 2 N–H and O–H groups in total. The Kier molecular flexibility index (Phi) is 4.18. The largest absolute Gasteiger partial charge is 0.330 e. The average Bonchev–Trinajstić information content (AvgIpc) is 2.28. The third-order valence-corrected chi connectivity index (χ3v) is 4.17. The monoisotopic (exact) mass is 245 g/mol. The van der Waals surface area contributed by atoms with Gasteiger partial charge in [0.2, 0.25) is 0 Å². The van der Waals surface area contributed by atoms with Crippen molar-refractivity contribution >= 4 is 5.78 Å². The molecule has 0 aliphatic heterocycles. The molecule has 0 bridgehead atoms. The van der Waals surface area contributed by atoms with E-state index in [1.807, 2.05) is 12.1 Å². The summed E-state index contributed by atoms with van der Waals surface area (Å²) >= 11 is 0. The fraction of sp³-hybridized carbons (Fsp3) is 0.562. The fourth-order valence-corrected chi connectivity index (χ4v) is 2.56. The number of benzene rings is 1. The van der Waals surface area contributed by atoms with Gasteiger partial charge in [-0.1, -0.05) is 44.5 Å². The smallest absolute Gasteiger partial charge is 0.167 e. The van der Waals surface area contributed by atoms with Crippen LogP contribution in [0.25, 0.3) is 0 Å². The molecule has 1 saturated carbocycles. The minimum absolute atomic E-state index is 0.0560. The summed E-state index contributed by atoms with van der Waals surface area (Å²) in [7, 11) is 0. The molecule has 1 aromatic carbocycles. The first-order chi connectivity index (χ1) is 8.63. The van der Waals surface area contributed by atoms with Gasteiger partial charge >= 0.3 is 0 Å². The van der Waals surface area contributed by atoms with Crippen molar-refractivity contribution in [2.24, 2.45) is 17.6 Å². The van der Waals surface area contributed by atoms with Crippen LogP contribution in [0, 0.1) is 11.8 Å². The summed E-state index contributed by atoms with van der Waals surface area (Å²) in [4.78, 5) is 12.3. The van der Waals surface area contributed by atoms with E-state index in [1.165, 1.54) is 24.8 Å². The van der Waals surface area contributed by atoms with Gasteiger partial charge in [0.25, 0.3) is 0 Å². The van der Waals surface area contributed by atoms with Gasteiger partial charge in [-0.25, -0.2) is 0 Å². The topological polar surface area (TPSA) is 43.1 Å². The van der Waals surface area contributed by atoms with Gasteiger partial charge < -0.3 is 5.73 Å². The van der Waals surface area contributed by atoms with Crippen molar-refractivity contribution in [2.75, 3.05) is 6.54 Å². The molecular weight excluding hydrogens is 222 g/mol. The average molecular weight is 245 g/mol. The Balaban J connectivity index is 2.10. The van der Waals surface area contributed by atoms with Gasteiger partial charge in [-0.15, -0.1) is 0 Å². The summed E-state index contributed by atoms with van der Waals surface area (Å²) < 4.78 is 0. The van der Waals surface area contributed by atoms with Gasteiger partial charge in [-0.05, 0) is 30.2 Å². The molecule has 0 spiro atoms. The zero-order chi connectivity index (χ0) is 13.1. The number of rotatable bonds is 5. The minimum atomic E-state index is -0.0560. The van der Waals surface area contributed by atoms with Crippen molar-refractivity contribution in [1.29, 1.82) is 0 Å². The first kappa shape index (κ1) is 13.3. The van der Waals surface area contributed by atoms with Crippen LogP contribution < -0.4 is 5.73 Å². The normalized spacial score (nSPS) is 17.6. The lowest BCUT2D eigenvalue weighted by molar-refractivity contribution is 0.0892. The Morgan fingerprint density at radius 1 is 1.28 bits per heavy atom. The molecular formula is C16H23NO. The highest BCUT2D eigenvalue weighted by atomic mass is 16.1. The maximum atomic E-state index is 12.3. The number of hydrogen-bond donors (Lipinski definition) is 1. The Hall–Kier alpha value is -1.15. The predicted octanol–water partition coefficient (Wildman–Crippen LogP) is 3.37. The maximum Gasteiger partial charge on any atom is 0.167 e. The summed E-state index contributed by atoms with van der Waals surface area (Å²) in [6, 6.07) is 8.18. The zero-order valence-corrected chi connectivity index (χ0v) is 11.4. The SMILES string of the molecule is CC(C)C(CN)C(=O)c1ccc(C2CCC2)cc1. The van der Waals surface area contributed by atoms with Crippen molar-refractivity contribution in [3.05, 3.63) is 35.4 Å². The van der Waals surface area contributed by atoms with E-state index in [-0.39, 0.29) is 11.7 Å². The molecule has 1 aromatic rings. The molecule has 1 aliphatic rings. The van der Waals surface area contributed by atoms with Crippen LogP contribution in [0.1, 0.15) is 54.9 Å². The van der Waals surface area contributed by atoms with E-state index < -0.39 is 0 Å². The Bertz CT molecular complexity index is 404. The van der Waals surface area contributed by atoms with Crippen LogP contribution in [-0.4, -0.2) is 12.3 Å². The zero-order valence-electron chi connectivity index (χ0n) is 11.4. The van der Waals surface area contributed by atoms with E-state index in [0.29, 0.717) is 12.5 Å². The molecule has 1 fully saturated rings. The highest BCUT2D eigenvalue weighted by molar-refractivity contribution is 5.98. The number of carbonyl (C=O) groups is 1. The second kappa shape index (κ2) is 5.66. The highest BCUT2D eigenvalue weighted by Crippen LogP contribution is 2.36. The fourth-order valence-electron chi connectivity index (χ4n) is 2.56. The van der Waals surface area contributed by atoms with Crippen LogP contribution >= 0.6 is 0 Å². The van der Waals surface area contributed by atoms with E-state index in [4.69, 9.17) is 5.73 Å². The summed E-state index contributed by atoms with van der Waals surface area (Å²) in [5.74, 6) is 1.16. The molecule has 18 heavy (non-hydrogen) atoms. The van der Waals surface area contributed by atoms with Gasteiger partial charge in [-0.2, -0.15) is 0 Å². The van der Waals surface area contributed by atoms with E-state index in [1.54, 1.807) is 0 Å². The molecule has 2 nitrogen and oxygen atoms in total. The van der Waals surface area contributed by atoms with Crippen LogP contribution in [0.4, 0.5) is 0 Å². The molecule has 1 aliphatic carbocycles. The second-order valence-corrected chi connectivity index (χ2v) is 5.70. The molecule has 0 heterocycles. The lowest BCUT2D eigenvalue weighted by atomic mass is 9.79. The van der Waals surface area contributed by atoms with Gasteiger partial charge in [0.15, 0.2) is 5.78 Å². The van der Waals surface area contributed by atoms with Crippen molar-refractivity contribution in [1.82, 2.24) is 0 Å². The van der Waals surface area contributed by atoms with Crippen LogP contribution in [-0.2, 0) is 0 Å². The van der Waals surface area contributed by atoms with Crippen LogP contribution in [0.15, 0.2) is 24.3 Å². The Morgan fingerprint density at radius 3 is 2.28 bits per heavy atom. The summed E-state index contributed by atoms with van der Waals surface area (Å²) in [6.07, 6.45) is 3.93. The van der Waals surface area contributed by atoms with Crippen molar-refractivity contribution in [3.8, 4) is 0 Å². The molecule has 2 heteroatoms. The number of ketones is 1. The molecule has 2 rings (SSSR count). The predicted molar refractivity (Wildman–Crippen MR) is 74.7 cm³/mol. The van der Waals surface area contributed by atoms with Crippen molar-refractivity contribution in [3.63, 3.8) is 0 Å². The van der Waals surface area contributed by atoms with Crippen LogP contribution in [0.3, 0.4) is 0 Å². The standard InChI is InChI=1S/C16H23NO/c1-11(2)15(10-17)16(18)14-8-6-13(7-9-14)12-4-3-5-12/h6-9,11-12,15H,3-5,10,17H2,1-2H3. The van der Waals surface area contributed by atoms with Gasteiger partial charge in [0, 0.05) is 18.0 Å². The number of hydrogen-bond acceptors (Lipinski definition) is 2. The van der Waals surface area contributed by atoms with Gasteiger partial charge in [0.05, 0.1) is 0 Å². The number of Topliss-reactive ketones (excluding diaryl/α,β-unsaturated/α-hetero) is 1. The van der Waals surface area contributed by atoms with E-state index in [0.717, 1.165) is 11.5 Å². The molecule has 1 unspecified atom stereocenters. The summed E-state index contributed by atoms with van der Waals surface area (Å²) in [5.41, 5.74) is 7.89. The Labute approximate surface area is 110 Å². The summed E-state index contributed by atoms with van der Waals surface area (Å²) in [5, 5.41) is 0. The number of carbonyl (C=O) groups excluding carboxylic acids is 1. The lowest BCUT2D eigenvalue weighted by Gasteiger charge is -2.26. The van der Waals surface area contributed by atoms with Gasteiger partial charge in [-0.3, -0.25) is 4.79 Å². The highest BCUT2D eigenvalue weighted by Gasteiger charge is 2.23. The summed E-state index contributed by atoms with van der Waals surface area (Å²) in [6.45, 7) is 4.54. The molecule has 0 saturated heterocycles. The Morgan fingerprint density at radius 2 is 1.89 bits per heavy atom. The first-order valence-electron chi connectivity index (χ1n) is 6.97. The molecule has 98 valence electrons. The molecule has 1 atom stereocenters. The lowest BCUT2D eigenvalue weighted by Crippen LogP contribution is -2.28. The van der Waals surface area contributed by atoms with Gasteiger partial charge in [0.1, 0.15) is 0 Å². The van der Waals surface area contributed by atoms with Crippen LogP contribution in [0.5, 0.6) is 0 Å². The third-order valence-electron chi connectivity index (χ3n) is 4.17. The second-order valence-electron chi connectivity index (χ2n) is 5.70. The van der Waals surface area contributed by atoms with Crippen molar-refractivity contribution in [2.45, 2.75) is 39.0 Å². The quantitative estimate of drug-likeness (QED) is 0.808. The number of nitrogens with two attached hydrogens (primary N) is 1. The molecule has 0 amide bonds. The van der Waals surface area contributed by atoms with Crippen molar-refractivity contribution < 1.29 is 4.79 Å². The van der Waals surface area contributed by atoms with E-state index in [9.17, 15) is 4.79 Å². The first-order valence-corrected chi connectivity index (χ1v) is 6.97. The van der Waals surface area contributed by atoms with Crippen LogP contribution in [0.2, 0.25) is 0 Å². The molecule has 0 radical (unpaired) electrons. The minimum Gasteiger partial charge on any atom is -0.330 e. The van der Waals surface area contributed by atoms with E-state index in [2.05, 4.69) is 26.0 Å². The third kappa shape index (κ3) is 2.64.